The van der Waals surface area contributed by atoms with Crippen molar-refractivity contribution in [3.05, 3.63) is 35.8 Å². The van der Waals surface area contributed by atoms with Crippen molar-refractivity contribution < 1.29 is 9.21 Å². The second kappa shape index (κ2) is 6.54. The molecule has 1 fully saturated rings. The maximum Gasteiger partial charge on any atom is 0.257 e. The molecular weight excluding hydrogens is 294 g/mol. The normalized spacial score (nSPS) is 22.5. The molecule has 3 rings (SSSR count). The van der Waals surface area contributed by atoms with Gasteiger partial charge in [0.05, 0.1) is 18.4 Å². The Bertz CT molecular complexity index is 651. The fourth-order valence-electron chi connectivity index (χ4n) is 3.03. The van der Waals surface area contributed by atoms with Crippen LogP contribution in [0.2, 0.25) is 0 Å². The minimum Gasteiger partial charge on any atom is -0.472 e. The zero-order valence-electron chi connectivity index (χ0n) is 13.8. The van der Waals surface area contributed by atoms with E-state index >= 15 is 0 Å². The van der Waals surface area contributed by atoms with Gasteiger partial charge in [-0.3, -0.25) is 14.8 Å². The van der Waals surface area contributed by atoms with Gasteiger partial charge in [-0.05, 0) is 19.9 Å². The minimum absolute atomic E-state index is 0.0330. The highest BCUT2D eigenvalue weighted by Gasteiger charge is 2.34. The van der Waals surface area contributed by atoms with Gasteiger partial charge in [-0.2, -0.15) is 5.10 Å². The summed E-state index contributed by atoms with van der Waals surface area (Å²) in [5, 5.41) is 7.18. The quantitative estimate of drug-likeness (QED) is 0.928. The van der Waals surface area contributed by atoms with Gasteiger partial charge in [0.15, 0.2) is 0 Å². The molecule has 1 N–H and O–H groups in total. The Balaban J connectivity index is 1.66. The topological polar surface area (TPSA) is 78.3 Å². The maximum atomic E-state index is 12.5. The summed E-state index contributed by atoms with van der Waals surface area (Å²) in [5.41, 5.74) is 0.611. The van der Waals surface area contributed by atoms with Crippen molar-refractivity contribution in [2.24, 2.45) is 0 Å². The van der Waals surface area contributed by atoms with Crippen molar-refractivity contribution in [3.8, 4) is 0 Å². The van der Waals surface area contributed by atoms with Gasteiger partial charge in [-0.15, -0.1) is 0 Å². The number of piperazine rings is 1. The van der Waals surface area contributed by atoms with Crippen LogP contribution in [-0.4, -0.2) is 56.1 Å². The zero-order chi connectivity index (χ0) is 16.4. The molecule has 1 aliphatic heterocycles. The lowest BCUT2D eigenvalue weighted by Crippen LogP contribution is -2.58. The highest BCUT2D eigenvalue weighted by atomic mass is 16.3. The van der Waals surface area contributed by atoms with Gasteiger partial charge in [0, 0.05) is 31.6 Å². The van der Waals surface area contributed by atoms with E-state index in [4.69, 9.17) is 4.42 Å². The molecule has 1 aliphatic rings. The Hall–Kier alpha value is -2.15. The summed E-state index contributed by atoms with van der Waals surface area (Å²) in [7, 11) is 0. The zero-order valence-corrected chi connectivity index (χ0v) is 13.8. The lowest BCUT2D eigenvalue weighted by Gasteiger charge is -2.44. The van der Waals surface area contributed by atoms with Gasteiger partial charge in [-0.25, -0.2) is 4.98 Å². The number of H-pyrrole nitrogens is 1. The van der Waals surface area contributed by atoms with E-state index in [1.165, 1.54) is 12.5 Å². The van der Waals surface area contributed by atoms with E-state index in [-0.39, 0.29) is 18.0 Å². The Morgan fingerprint density at radius 3 is 2.87 bits per heavy atom. The van der Waals surface area contributed by atoms with Crippen molar-refractivity contribution >= 4 is 5.91 Å². The van der Waals surface area contributed by atoms with Gasteiger partial charge in [0.1, 0.15) is 17.9 Å². The van der Waals surface area contributed by atoms with Gasteiger partial charge in [0.25, 0.3) is 5.91 Å². The predicted octanol–water partition coefficient (Wildman–Crippen LogP) is 1.70. The van der Waals surface area contributed by atoms with E-state index < -0.39 is 0 Å². The first-order valence-electron chi connectivity index (χ1n) is 8.07. The van der Waals surface area contributed by atoms with Crippen molar-refractivity contribution in [2.75, 3.05) is 13.1 Å². The van der Waals surface area contributed by atoms with Crippen LogP contribution in [0.25, 0.3) is 0 Å². The van der Waals surface area contributed by atoms with Gasteiger partial charge in [-0.1, -0.05) is 6.92 Å². The van der Waals surface area contributed by atoms with Gasteiger partial charge < -0.3 is 9.32 Å². The van der Waals surface area contributed by atoms with Crippen LogP contribution in [0.15, 0.2) is 23.0 Å². The van der Waals surface area contributed by atoms with E-state index in [2.05, 4.69) is 33.9 Å². The van der Waals surface area contributed by atoms with Crippen molar-refractivity contribution in [1.29, 1.82) is 0 Å². The number of carbonyl (C=O) groups is 1. The lowest BCUT2D eigenvalue weighted by atomic mass is 10.0. The first kappa shape index (κ1) is 15.7. The highest BCUT2D eigenvalue weighted by Crippen LogP contribution is 2.21. The van der Waals surface area contributed by atoms with E-state index in [1.54, 1.807) is 6.07 Å². The minimum atomic E-state index is 0.0330. The summed E-state index contributed by atoms with van der Waals surface area (Å²) < 4.78 is 5.02. The molecule has 7 heteroatoms. The van der Waals surface area contributed by atoms with E-state index in [9.17, 15) is 4.79 Å². The molecule has 0 aliphatic carbocycles. The van der Waals surface area contributed by atoms with Crippen LogP contribution in [0.5, 0.6) is 0 Å². The summed E-state index contributed by atoms with van der Waals surface area (Å²) in [6.07, 6.45) is 3.87. The van der Waals surface area contributed by atoms with Crippen LogP contribution >= 0.6 is 0 Å². The number of nitrogens with zero attached hydrogens (tertiary/aromatic N) is 4. The Labute approximate surface area is 135 Å². The third-order valence-corrected chi connectivity index (χ3v) is 4.67. The smallest absolute Gasteiger partial charge is 0.257 e. The van der Waals surface area contributed by atoms with Crippen LogP contribution in [0.3, 0.4) is 0 Å². The molecule has 2 aromatic rings. The summed E-state index contributed by atoms with van der Waals surface area (Å²) >= 11 is 0. The fourth-order valence-corrected chi connectivity index (χ4v) is 3.03. The first-order valence-corrected chi connectivity index (χ1v) is 8.07. The molecule has 2 aromatic heterocycles. The molecule has 3 heterocycles. The largest absolute Gasteiger partial charge is 0.472 e. The molecule has 2 atom stereocenters. The number of nitrogens with one attached hydrogen (secondary N) is 1. The van der Waals surface area contributed by atoms with Gasteiger partial charge in [0.2, 0.25) is 0 Å². The Morgan fingerprint density at radius 2 is 2.22 bits per heavy atom. The molecular formula is C16H23N5O2. The molecule has 1 amide bonds. The molecule has 0 radical (unpaired) electrons. The first-order chi connectivity index (χ1) is 11.1. The predicted molar refractivity (Wildman–Crippen MR) is 84.8 cm³/mol. The van der Waals surface area contributed by atoms with Crippen LogP contribution in [-0.2, 0) is 13.0 Å². The van der Waals surface area contributed by atoms with E-state index in [1.807, 2.05) is 11.8 Å². The molecule has 0 unspecified atom stereocenters. The monoisotopic (exact) mass is 317 g/mol. The number of aromatic amines is 1. The van der Waals surface area contributed by atoms with Gasteiger partial charge >= 0.3 is 0 Å². The van der Waals surface area contributed by atoms with Crippen molar-refractivity contribution in [3.63, 3.8) is 0 Å². The summed E-state index contributed by atoms with van der Waals surface area (Å²) in [6.45, 7) is 8.52. The van der Waals surface area contributed by atoms with Crippen molar-refractivity contribution in [1.82, 2.24) is 25.0 Å². The molecule has 7 nitrogen and oxygen atoms in total. The number of carbonyl (C=O) groups excluding carboxylic acids is 1. The number of hydrogen-bond acceptors (Lipinski definition) is 5. The molecule has 0 bridgehead atoms. The third kappa shape index (κ3) is 3.14. The lowest BCUT2D eigenvalue weighted by molar-refractivity contribution is 0.0241. The van der Waals surface area contributed by atoms with Crippen LogP contribution in [0.4, 0.5) is 0 Å². The summed E-state index contributed by atoms with van der Waals surface area (Å²) in [4.78, 5) is 21.3. The Morgan fingerprint density at radius 1 is 1.39 bits per heavy atom. The summed E-state index contributed by atoms with van der Waals surface area (Å²) in [6, 6.07) is 2.09. The van der Waals surface area contributed by atoms with E-state index in [0.29, 0.717) is 12.1 Å². The average Bonchev–Trinajstić information content (AvgIpc) is 3.23. The fraction of sp³-hybridized carbons (Fsp3) is 0.562. The average molecular weight is 317 g/mol. The number of furan rings is 1. The van der Waals surface area contributed by atoms with Crippen LogP contribution in [0, 0.1) is 0 Å². The second-order valence-electron chi connectivity index (χ2n) is 6.01. The molecule has 1 saturated heterocycles. The molecule has 23 heavy (non-hydrogen) atoms. The SMILES string of the molecule is CCc1n[nH]c(CN2CCN(C(=O)c3ccoc3)[C@H](C)[C@@H]2C)n1. The highest BCUT2D eigenvalue weighted by molar-refractivity contribution is 5.94. The number of aromatic nitrogens is 3. The molecule has 124 valence electrons. The number of hydrogen-bond donors (Lipinski definition) is 1. The number of aryl methyl sites for hydroxylation is 1. The number of amides is 1. The van der Waals surface area contributed by atoms with Crippen LogP contribution < -0.4 is 0 Å². The van der Waals surface area contributed by atoms with Crippen molar-refractivity contribution in [2.45, 2.75) is 45.8 Å². The summed E-state index contributed by atoms with van der Waals surface area (Å²) in [5.74, 6) is 1.76. The van der Waals surface area contributed by atoms with E-state index in [0.717, 1.165) is 31.2 Å². The molecule has 0 saturated carbocycles. The molecule has 0 aromatic carbocycles. The second-order valence-corrected chi connectivity index (χ2v) is 6.01. The number of rotatable bonds is 4. The molecule has 0 spiro atoms. The standard InChI is InChI=1S/C16H23N5O2/c1-4-14-17-15(19-18-14)9-20-6-7-21(12(3)11(20)2)16(22)13-5-8-23-10-13/h5,8,10-12H,4,6-7,9H2,1-3H3,(H,17,18,19)/t11-,12+/m0/s1. The maximum absolute atomic E-state index is 12.5. The van der Waals surface area contributed by atoms with Crippen LogP contribution in [0.1, 0.15) is 42.8 Å². The Kier molecular flexibility index (Phi) is 4.47. The third-order valence-electron chi connectivity index (χ3n) is 4.67.